The van der Waals surface area contributed by atoms with E-state index in [1.165, 1.54) is 32.1 Å². The zero-order valence-electron chi connectivity index (χ0n) is 15.6. The van der Waals surface area contributed by atoms with Crippen molar-refractivity contribution in [1.82, 2.24) is 15.6 Å². The third kappa shape index (κ3) is 4.19. The normalized spacial score (nSPS) is 18.6. The van der Waals surface area contributed by atoms with Crippen LogP contribution in [-0.2, 0) is 0 Å². The van der Waals surface area contributed by atoms with Gasteiger partial charge in [0.15, 0.2) is 0 Å². The smallest absolute Gasteiger partial charge is 0.253 e. The summed E-state index contributed by atoms with van der Waals surface area (Å²) in [5.41, 5.74) is 1.36. The number of pyridine rings is 1. The summed E-state index contributed by atoms with van der Waals surface area (Å²) in [5.74, 6) is 1.46. The van der Waals surface area contributed by atoms with Crippen LogP contribution in [0, 0.1) is 5.92 Å². The maximum Gasteiger partial charge on any atom is 0.253 e. The van der Waals surface area contributed by atoms with E-state index in [9.17, 15) is 4.79 Å². The predicted octanol–water partition coefficient (Wildman–Crippen LogP) is 3.61. The quantitative estimate of drug-likeness (QED) is 0.842. The number of piperazine rings is 1. The summed E-state index contributed by atoms with van der Waals surface area (Å²) in [7, 11) is 0. The van der Waals surface area contributed by atoms with Gasteiger partial charge in [0.2, 0.25) is 0 Å². The number of carbonyl (C=O) groups excluding carboxylic acids is 1. The molecular formula is C21H27ClN4O. The van der Waals surface area contributed by atoms with Crippen LogP contribution in [0.4, 0.5) is 5.82 Å². The van der Waals surface area contributed by atoms with Gasteiger partial charge in [-0.25, -0.2) is 4.98 Å². The van der Waals surface area contributed by atoms with Crippen LogP contribution in [0.2, 0.25) is 5.02 Å². The Balaban J connectivity index is 1.55. The molecule has 1 aliphatic heterocycles. The number of nitrogens with zero attached hydrogens (tertiary/aromatic N) is 2. The minimum Gasteiger partial charge on any atom is -0.354 e. The number of hydrogen-bond acceptors (Lipinski definition) is 4. The number of rotatable bonds is 4. The average molecular weight is 387 g/mol. The van der Waals surface area contributed by atoms with Crippen LogP contribution in [0.15, 0.2) is 24.3 Å². The molecule has 1 aliphatic carbocycles. The standard InChI is InChI=1S/C21H27ClN4O/c22-17-7-8-18-16(6-9-19(25-18)26-12-10-23-11-13-26)20(17)21(27)24-14-15-4-2-1-3-5-15/h6-9,15,23H,1-5,10-14H2,(H,24,27). The van der Waals surface area contributed by atoms with Gasteiger partial charge in [-0.3, -0.25) is 4.79 Å². The molecule has 144 valence electrons. The largest absolute Gasteiger partial charge is 0.354 e. The summed E-state index contributed by atoms with van der Waals surface area (Å²) < 4.78 is 0. The van der Waals surface area contributed by atoms with Crippen LogP contribution in [0.5, 0.6) is 0 Å². The van der Waals surface area contributed by atoms with Crippen molar-refractivity contribution < 1.29 is 4.79 Å². The van der Waals surface area contributed by atoms with E-state index in [0.717, 1.165) is 49.4 Å². The highest BCUT2D eigenvalue weighted by Crippen LogP contribution is 2.28. The minimum atomic E-state index is -0.0899. The SMILES string of the molecule is O=C(NCC1CCCCC1)c1c(Cl)ccc2nc(N3CCNCC3)ccc12. The number of aromatic nitrogens is 1. The highest BCUT2D eigenvalue weighted by Gasteiger charge is 2.19. The summed E-state index contributed by atoms with van der Waals surface area (Å²) in [6, 6.07) is 7.68. The minimum absolute atomic E-state index is 0.0899. The highest BCUT2D eigenvalue weighted by molar-refractivity contribution is 6.35. The van der Waals surface area contributed by atoms with Crippen molar-refractivity contribution in [3.05, 3.63) is 34.9 Å². The van der Waals surface area contributed by atoms with Gasteiger partial charge in [-0.15, -0.1) is 0 Å². The van der Waals surface area contributed by atoms with Gasteiger partial charge in [-0.1, -0.05) is 30.9 Å². The van der Waals surface area contributed by atoms with E-state index in [-0.39, 0.29) is 5.91 Å². The Morgan fingerprint density at radius 3 is 2.70 bits per heavy atom. The Morgan fingerprint density at radius 2 is 1.93 bits per heavy atom. The number of carbonyl (C=O) groups is 1. The van der Waals surface area contributed by atoms with Gasteiger partial charge in [0, 0.05) is 38.1 Å². The first-order chi connectivity index (χ1) is 13.2. The summed E-state index contributed by atoms with van der Waals surface area (Å²) in [4.78, 5) is 19.9. The second kappa shape index (κ2) is 8.44. The molecule has 2 fully saturated rings. The molecule has 1 saturated carbocycles. The van der Waals surface area contributed by atoms with Gasteiger partial charge in [-0.05, 0) is 43.0 Å². The number of anilines is 1. The van der Waals surface area contributed by atoms with E-state index in [1.807, 2.05) is 18.2 Å². The molecule has 1 aromatic heterocycles. The Kier molecular flexibility index (Phi) is 5.79. The van der Waals surface area contributed by atoms with E-state index in [2.05, 4.69) is 15.5 Å². The first-order valence-electron chi connectivity index (χ1n) is 10.1. The molecule has 2 N–H and O–H groups in total. The number of halogens is 1. The number of amides is 1. The molecule has 1 saturated heterocycles. The lowest BCUT2D eigenvalue weighted by Gasteiger charge is -2.28. The third-order valence-electron chi connectivity index (χ3n) is 5.75. The highest BCUT2D eigenvalue weighted by atomic mass is 35.5. The number of nitrogens with one attached hydrogen (secondary N) is 2. The molecular weight excluding hydrogens is 360 g/mol. The van der Waals surface area contributed by atoms with Gasteiger partial charge in [-0.2, -0.15) is 0 Å². The molecule has 0 bridgehead atoms. The molecule has 6 heteroatoms. The monoisotopic (exact) mass is 386 g/mol. The fourth-order valence-electron chi connectivity index (χ4n) is 4.18. The van der Waals surface area contributed by atoms with E-state index >= 15 is 0 Å². The van der Waals surface area contributed by atoms with Crippen molar-refractivity contribution >= 4 is 34.2 Å². The van der Waals surface area contributed by atoms with Crippen LogP contribution in [-0.4, -0.2) is 43.6 Å². The van der Waals surface area contributed by atoms with Crippen molar-refractivity contribution in [3.8, 4) is 0 Å². The maximum atomic E-state index is 12.9. The Labute approximate surface area is 165 Å². The first kappa shape index (κ1) is 18.5. The van der Waals surface area contributed by atoms with Crippen LogP contribution in [0.25, 0.3) is 10.9 Å². The predicted molar refractivity (Wildman–Crippen MR) is 111 cm³/mol. The second-order valence-electron chi connectivity index (χ2n) is 7.61. The lowest BCUT2D eigenvalue weighted by atomic mass is 9.89. The van der Waals surface area contributed by atoms with E-state index in [1.54, 1.807) is 6.07 Å². The zero-order chi connectivity index (χ0) is 18.6. The molecule has 0 unspecified atom stereocenters. The van der Waals surface area contributed by atoms with Crippen LogP contribution < -0.4 is 15.5 Å². The fourth-order valence-corrected chi connectivity index (χ4v) is 4.43. The summed E-state index contributed by atoms with van der Waals surface area (Å²) >= 11 is 6.40. The molecule has 1 amide bonds. The molecule has 2 aliphatic rings. The molecule has 0 spiro atoms. The van der Waals surface area contributed by atoms with E-state index in [4.69, 9.17) is 16.6 Å². The maximum absolute atomic E-state index is 12.9. The lowest BCUT2D eigenvalue weighted by molar-refractivity contribution is 0.0945. The molecule has 5 nitrogen and oxygen atoms in total. The Hall–Kier alpha value is -1.85. The van der Waals surface area contributed by atoms with Gasteiger partial charge in [0.1, 0.15) is 5.82 Å². The second-order valence-corrected chi connectivity index (χ2v) is 8.02. The van der Waals surface area contributed by atoms with Gasteiger partial charge in [0.25, 0.3) is 5.91 Å². The van der Waals surface area contributed by atoms with Gasteiger partial charge in [0.05, 0.1) is 16.1 Å². The first-order valence-corrected chi connectivity index (χ1v) is 10.4. The van der Waals surface area contributed by atoms with Crippen molar-refractivity contribution in [2.45, 2.75) is 32.1 Å². The third-order valence-corrected chi connectivity index (χ3v) is 6.06. The molecule has 0 atom stereocenters. The Morgan fingerprint density at radius 1 is 1.15 bits per heavy atom. The summed E-state index contributed by atoms with van der Waals surface area (Å²) in [5, 5.41) is 7.77. The molecule has 4 rings (SSSR count). The number of fused-ring (bicyclic) bond motifs is 1. The van der Waals surface area contributed by atoms with E-state index in [0.29, 0.717) is 16.5 Å². The zero-order valence-corrected chi connectivity index (χ0v) is 16.4. The van der Waals surface area contributed by atoms with Crippen molar-refractivity contribution in [2.75, 3.05) is 37.6 Å². The van der Waals surface area contributed by atoms with Crippen molar-refractivity contribution in [3.63, 3.8) is 0 Å². The number of hydrogen-bond donors (Lipinski definition) is 2. The van der Waals surface area contributed by atoms with Gasteiger partial charge < -0.3 is 15.5 Å². The van der Waals surface area contributed by atoms with Crippen molar-refractivity contribution in [2.24, 2.45) is 5.92 Å². The van der Waals surface area contributed by atoms with Crippen LogP contribution in [0.1, 0.15) is 42.5 Å². The summed E-state index contributed by atoms with van der Waals surface area (Å²) in [6.45, 7) is 4.56. The topological polar surface area (TPSA) is 57.3 Å². The molecule has 1 aromatic carbocycles. The average Bonchev–Trinajstić information content (AvgIpc) is 2.73. The Bertz CT molecular complexity index is 813. The van der Waals surface area contributed by atoms with Crippen LogP contribution in [0.3, 0.4) is 0 Å². The van der Waals surface area contributed by atoms with Gasteiger partial charge >= 0.3 is 0 Å². The fraction of sp³-hybridized carbons (Fsp3) is 0.524. The molecule has 0 radical (unpaired) electrons. The number of benzene rings is 1. The van der Waals surface area contributed by atoms with Crippen LogP contribution >= 0.6 is 11.6 Å². The summed E-state index contributed by atoms with van der Waals surface area (Å²) in [6.07, 6.45) is 6.28. The van der Waals surface area contributed by atoms with E-state index < -0.39 is 0 Å². The lowest BCUT2D eigenvalue weighted by Crippen LogP contribution is -2.43. The molecule has 2 heterocycles. The molecule has 2 aromatic rings. The van der Waals surface area contributed by atoms with Crippen molar-refractivity contribution in [1.29, 1.82) is 0 Å². The molecule has 27 heavy (non-hydrogen) atoms.